The van der Waals surface area contributed by atoms with E-state index in [0.717, 1.165) is 16.9 Å². The molecule has 0 aromatic heterocycles. The Balaban J connectivity index is 3.38. The lowest BCUT2D eigenvalue weighted by Gasteiger charge is -2.26. The molecular formula is C15H25NO2. The van der Waals surface area contributed by atoms with Crippen LogP contribution in [0.2, 0.25) is 0 Å². The average Bonchev–Trinajstić information content (AvgIpc) is 2.27. The zero-order valence-electron chi connectivity index (χ0n) is 12.1. The summed E-state index contributed by atoms with van der Waals surface area (Å²) in [5.41, 5.74) is 9.44. The molecule has 1 atom stereocenters. The highest BCUT2D eigenvalue weighted by Gasteiger charge is 2.23. The second-order valence-corrected chi connectivity index (χ2v) is 5.80. The van der Waals surface area contributed by atoms with E-state index in [1.807, 2.05) is 0 Å². The van der Waals surface area contributed by atoms with Crippen LogP contribution < -0.4 is 10.5 Å². The van der Waals surface area contributed by atoms with Crippen molar-refractivity contribution >= 4 is 0 Å². The number of ether oxygens (including phenoxy) is 1. The first-order valence-electron chi connectivity index (χ1n) is 6.36. The molecule has 0 fully saturated rings. The SMILES string of the molecule is COc1c(C(N)CCO)cc(C)cc1C(C)(C)C. The summed E-state index contributed by atoms with van der Waals surface area (Å²) in [6.45, 7) is 8.62. The smallest absolute Gasteiger partial charge is 0.127 e. The molecule has 0 bridgehead atoms. The number of aryl methyl sites for hydroxylation is 1. The van der Waals surface area contributed by atoms with Gasteiger partial charge in [0, 0.05) is 23.8 Å². The maximum atomic E-state index is 9.04. The molecule has 3 nitrogen and oxygen atoms in total. The third-order valence-electron chi connectivity index (χ3n) is 3.11. The summed E-state index contributed by atoms with van der Waals surface area (Å²) >= 11 is 0. The van der Waals surface area contributed by atoms with Crippen molar-refractivity contribution in [2.45, 2.75) is 45.6 Å². The van der Waals surface area contributed by atoms with Crippen molar-refractivity contribution < 1.29 is 9.84 Å². The van der Waals surface area contributed by atoms with Gasteiger partial charge in [0.25, 0.3) is 0 Å². The van der Waals surface area contributed by atoms with Gasteiger partial charge < -0.3 is 15.6 Å². The molecule has 0 amide bonds. The van der Waals surface area contributed by atoms with Gasteiger partial charge in [-0.1, -0.05) is 38.5 Å². The molecule has 1 aromatic carbocycles. The fourth-order valence-corrected chi connectivity index (χ4v) is 2.16. The molecule has 0 aliphatic heterocycles. The lowest BCUT2D eigenvalue weighted by atomic mass is 9.83. The van der Waals surface area contributed by atoms with Crippen LogP contribution in [0.15, 0.2) is 12.1 Å². The minimum Gasteiger partial charge on any atom is -0.496 e. The molecule has 3 N–H and O–H groups in total. The number of methoxy groups -OCH3 is 1. The lowest BCUT2D eigenvalue weighted by Crippen LogP contribution is -2.18. The standard InChI is InChI=1S/C15H25NO2/c1-10-8-11(13(16)6-7-17)14(18-5)12(9-10)15(2,3)4/h8-9,13,17H,6-7,16H2,1-5H3. The van der Waals surface area contributed by atoms with Gasteiger partial charge in [-0.05, 0) is 18.8 Å². The van der Waals surface area contributed by atoms with E-state index in [9.17, 15) is 0 Å². The van der Waals surface area contributed by atoms with E-state index in [-0.39, 0.29) is 18.1 Å². The van der Waals surface area contributed by atoms with Crippen LogP contribution in [0.3, 0.4) is 0 Å². The maximum absolute atomic E-state index is 9.04. The van der Waals surface area contributed by atoms with Crippen LogP contribution in [0.25, 0.3) is 0 Å². The van der Waals surface area contributed by atoms with E-state index in [1.165, 1.54) is 5.56 Å². The summed E-state index contributed by atoms with van der Waals surface area (Å²) in [6, 6.07) is 4.01. The zero-order valence-corrected chi connectivity index (χ0v) is 12.1. The Morgan fingerprint density at radius 2 is 1.94 bits per heavy atom. The quantitative estimate of drug-likeness (QED) is 0.865. The Morgan fingerprint density at radius 1 is 1.33 bits per heavy atom. The van der Waals surface area contributed by atoms with Crippen molar-refractivity contribution in [3.8, 4) is 5.75 Å². The van der Waals surface area contributed by atoms with Gasteiger partial charge in [-0.15, -0.1) is 0 Å². The second kappa shape index (κ2) is 5.72. The number of nitrogens with two attached hydrogens (primary N) is 1. The van der Waals surface area contributed by atoms with E-state index in [1.54, 1.807) is 7.11 Å². The molecule has 0 radical (unpaired) electrons. The van der Waals surface area contributed by atoms with Gasteiger partial charge in [-0.2, -0.15) is 0 Å². The van der Waals surface area contributed by atoms with Gasteiger partial charge in [0.05, 0.1) is 7.11 Å². The number of benzene rings is 1. The third kappa shape index (κ3) is 3.24. The summed E-state index contributed by atoms with van der Waals surface area (Å²) < 4.78 is 5.56. The molecule has 18 heavy (non-hydrogen) atoms. The van der Waals surface area contributed by atoms with Gasteiger partial charge in [-0.25, -0.2) is 0 Å². The molecule has 0 saturated carbocycles. The van der Waals surface area contributed by atoms with Crippen LogP contribution in [0.1, 0.15) is 49.9 Å². The highest BCUT2D eigenvalue weighted by atomic mass is 16.5. The van der Waals surface area contributed by atoms with E-state index in [0.29, 0.717) is 6.42 Å². The average molecular weight is 251 g/mol. The normalized spacial score (nSPS) is 13.5. The third-order valence-corrected chi connectivity index (χ3v) is 3.11. The topological polar surface area (TPSA) is 55.5 Å². The highest BCUT2D eigenvalue weighted by molar-refractivity contribution is 5.49. The number of hydrogen-bond donors (Lipinski definition) is 2. The van der Waals surface area contributed by atoms with Crippen molar-refractivity contribution in [3.63, 3.8) is 0 Å². The van der Waals surface area contributed by atoms with E-state index in [2.05, 4.69) is 39.8 Å². The Labute approximate surface area is 110 Å². The molecule has 0 heterocycles. The van der Waals surface area contributed by atoms with Crippen molar-refractivity contribution in [2.24, 2.45) is 5.73 Å². The first kappa shape index (κ1) is 15.0. The molecule has 1 unspecified atom stereocenters. The fraction of sp³-hybridized carbons (Fsp3) is 0.600. The minimum atomic E-state index is -0.189. The van der Waals surface area contributed by atoms with Crippen LogP contribution in [-0.2, 0) is 5.41 Å². The molecule has 102 valence electrons. The van der Waals surface area contributed by atoms with Gasteiger partial charge in [0.1, 0.15) is 5.75 Å². The van der Waals surface area contributed by atoms with E-state index in [4.69, 9.17) is 15.6 Å². The Hall–Kier alpha value is -1.06. The number of rotatable bonds is 4. The molecule has 1 aromatic rings. The molecule has 0 saturated heterocycles. The van der Waals surface area contributed by atoms with Crippen molar-refractivity contribution in [1.29, 1.82) is 0 Å². The minimum absolute atomic E-state index is 0.00501. The van der Waals surface area contributed by atoms with E-state index >= 15 is 0 Å². The lowest BCUT2D eigenvalue weighted by molar-refractivity contribution is 0.275. The Bertz CT molecular complexity index is 408. The number of aliphatic hydroxyl groups is 1. The number of hydrogen-bond acceptors (Lipinski definition) is 3. The second-order valence-electron chi connectivity index (χ2n) is 5.80. The zero-order chi connectivity index (χ0) is 13.9. The van der Waals surface area contributed by atoms with Crippen molar-refractivity contribution in [3.05, 3.63) is 28.8 Å². The molecule has 0 spiro atoms. The van der Waals surface area contributed by atoms with Gasteiger partial charge in [0.15, 0.2) is 0 Å². The first-order chi connectivity index (χ1) is 8.31. The Morgan fingerprint density at radius 3 is 2.39 bits per heavy atom. The first-order valence-corrected chi connectivity index (χ1v) is 6.36. The largest absolute Gasteiger partial charge is 0.496 e. The van der Waals surface area contributed by atoms with Crippen molar-refractivity contribution in [1.82, 2.24) is 0 Å². The summed E-state index contributed by atoms with van der Waals surface area (Å²) in [7, 11) is 1.68. The van der Waals surface area contributed by atoms with Gasteiger partial charge >= 0.3 is 0 Å². The number of aliphatic hydroxyl groups excluding tert-OH is 1. The molecular weight excluding hydrogens is 226 g/mol. The fourth-order valence-electron chi connectivity index (χ4n) is 2.16. The van der Waals surface area contributed by atoms with Crippen molar-refractivity contribution in [2.75, 3.05) is 13.7 Å². The van der Waals surface area contributed by atoms with Gasteiger partial charge in [-0.3, -0.25) is 0 Å². The molecule has 3 heteroatoms. The predicted molar refractivity (Wildman–Crippen MR) is 75.1 cm³/mol. The summed E-state index contributed by atoms with van der Waals surface area (Å²) in [6.07, 6.45) is 0.545. The maximum Gasteiger partial charge on any atom is 0.127 e. The van der Waals surface area contributed by atoms with Crippen LogP contribution in [0.4, 0.5) is 0 Å². The molecule has 0 aliphatic rings. The van der Waals surface area contributed by atoms with Crippen LogP contribution in [0, 0.1) is 6.92 Å². The van der Waals surface area contributed by atoms with Crippen LogP contribution >= 0.6 is 0 Å². The summed E-state index contributed by atoms with van der Waals surface area (Å²) in [4.78, 5) is 0. The van der Waals surface area contributed by atoms with Crippen LogP contribution in [-0.4, -0.2) is 18.8 Å². The Kier molecular flexibility index (Phi) is 4.77. The summed E-state index contributed by atoms with van der Waals surface area (Å²) in [5.74, 6) is 0.856. The predicted octanol–water partition coefficient (Wildman–Crippen LogP) is 2.68. The summed E-state index contributed by atoms with van der Waals surface area (Å²) in [5, 5.41) is 9.04. The molecule has 1 rings (SSSR count). The molecule has 0 aliphatic carbocycles. The highest BCUT2D eigenvalue weighted by Crippen LogP contribution is 2.37. The van der Waals surface area contributed by atoms with E-state index < -0.39 is 0 Å². The van der Waals surface area contributed by atoms with Gasteiger partial charge in [0.2, 0.25) is 0 Å². The monoisotopic (exact) mass is 251 g/mol. The van der Waals surface area contributed by atoms with Crippen LogP contribution in [0.5, 0.6) is 5.75 Å².